The van der Waals surface area contributed by atoms with E-state index in [1.54, 1.807) is 0 Å². The highest BCUT2D eigenvalue weighted by Gasteiger charge is 2.02. The Hall–Kier alpha value is -1.43. The zero-order chi connectivity index (χ0) is 9.14. The van der Waals surface area contributed by atoms with Crippen molar-refractivity contribution in [2.45, 2.75) is 6.92 Å². The Kier molecular flexibility index (Phi) is 2.39. The molecule has 3 N–H and O–H groups in total. The van der Waals surface area contributed by atoms with E-state index in [0.29, 0.717) is 0 Å². The van der Waals surface area contributed by atoms with Crippen molar-refractivity contribution in [2.24, 2.45) is 0 Å². The number of anilines is 2. The third-order valence-corrected chi connectivity index (χ3v) is 1.08. The van der Waals surface area contributed by atoms with Gasteiger partial charge in [-0.3, -0.25) is 10.1 Å². The number of hydrogen-bond donors (Lipinski definition) is 2. The summed E-state index contributed by atoms with van der Waals surface area (Å²) in [6.07, 6.45) is 0. The number of carbonyl (C=O) groups is 1. The molecule has 1 heterocycles. The number of carbonyl (C=O) groups excluding carboxylic acids is 1. The lowest BCUT2D eigenvalue weighted by Crippen LogP contribution is -2.11. The van der Waals surface area contributed by atoms with Crippen LogP contribution in [0.15, 0.2) is 0 Å². The van der Waals surface area contributed by atoms with Crippen LogP contribution in [0.25, 0.3) is 0 Å². The summed E-state index contributed by atoms with van der Waals surface area (Å²) in [5, 5.41) is 2.27. The van der Waals surface area contributed by atoms with Crippen molar-refractivity contribution < 1.29 is 4.79 Å². The first-order valence-corrected chi connectivity index (χ1v) is 3.40. The molecule has 12 heavy (non-hydrogen) atoms. The lowest BCUT2D eigenvalue weighted by atomic mass is 10.7. The van der Waals surface area contributed by atoms with Gasteiger partial charge in [0.1, 0.15) is 0 Å². The molecule has 1 amide bonds. The minimum Gasteiger partial charge on any atom is -0.368 e. The van der Waals surface area contributed by atoms with Crippen molar-refractivity contribution in [3.63, 3.8) is 0 Å². The van der Waals surface area contributed by atoms with Crippen molar-refractivity contribution in [1.82, 2.24) is 15.0 Å². The maximum Gasteiger partial charge on any atom is 0.235 e. The number of amides is 1. The van der Waals surface area contributed by atoms with Crippen molar-refractivity contribution in [1.29, 1.82) is 0 Å². The highest BCUT2D eigenvalue weighted by Crippen LogP contribution is 2.06. The molecule has 0 aliphatic rings. The average molecular weight is 188 g/mol. The van der Waals surface area contributed by atoms with Gasteiger partial charge in [0.15, 0.2) is 0 Å². The summed E-state index contributed by atoms with van der Waals surface area (Å²) in [4.78, 5) is 21.3. The SMILES string of the molecule is CC(=O)Nc1nc(N)nc(Cl)n1. The molecular formula is C5H6ClN5O. The van der Waals surface area contributed by atoms with Gasteiger partial charge < -0.3 is 5.73 Å². The molecule has 0 spiro atoms. The smallest absolute Gasteiger partial charge is 0.235 e. The van der Waals surface area contributed by atoms with E-state index < -0.39 is 0 Å². The molecule has 0 fully saturated rings. The second-order valence-corrected chi connectivity index (χ2v) is 2.31. The van der Waals surface area contributed by atoms with E-state index in [-0.39, 0.29) is 23.1 Å². The van der Waals surface area contributed by atoms with Crippen LogP contribution in [0.1, 0.15) is 6.92 Å². The van der Waals surface area contributed by atoms with E-state index in [1.807, 2.05) is 0 Å². The Morgan fingerprint density at radius 2 is 2.17 bits per heavy atom. The van der Waals surface area contributed by atoms with Gasteiger partial charge in [0.25, 0.3) is 0 Å². The minimum absolute atomic E-state index is 0.0289. The Labute approximate surface area is 73.2 Å². The highest BCUT2D eigenvalue weighted by molar-refractivity contribution is 6.28. The van der Waals surface area contributed by atoms with E-state index in [2.05, 4.69) is 20.3 Å². The van der Waals surface area contributed by atoms with Gasteiger partial charge in [-0.2, -0.15) is 15.0 Å². The lowest BCUT2D eigenvalue weighted by molar-refractivity contribution is -0.114. The first-order valence-electron chi connectivity index (χ1n) is 3.02. The predicted molar refractivity (Wildman–Crippen MR) is 43.6 cm³/mol. The van der Waals surface area contributed by atoms with Gasteiger partial charge in [0.2, 0.25) is 23.1 Å². The topological polar surface area (TPSA) is 93.8 Å². The summed E-state index contributed by atoms with van der Waals surface area (Å²) >= 11 is 5.44. The fourth-order valence-electron chi connectivity index (χ4n) is 0.579. The van der Waals surface area contributed by atoms with Crippen molar-refractivity contribution in [2.75, 3.05) is 11.1 Å². The molecule has 0 bridgehead atoms. The normalized spacial score (nSPS) is 9.50. The van der Waals surface area contributed by atoms with E-state index >= 15 is 0 Å². The maximum atomic E-state index is 10.5. The Morgan fingerprint density at radius 3 is 2.67 bits per heavy atom. The van der Waals surface area contributed by atoms with E-state index in [1.165, 1.54) is 6.92 Å². The number of hydrogen-bond acceptors (Lipinski definition) is 5. The molecule has 6 nitrogen and oxygen atoms in total. The second-order valence-electron chi connectivity index (χ2n) is 1.97. The molecule has 1 aromatic rings. The molecule has 0 radical (unpaired) electrons. The van der Waals surface area contributed by atoms with Crippen molar-refractivity contribution in [3.8, 4) is 0 Å². The number of rotatable bonds is 1. The summed E-state index contributed by atoms with van der Waals surface area (Å²) in [7, 11) is 0. The molecule has 0 unspecified atom stereocenters. The zero-order valence-corrected chi connectivity index (χ0v) is 6.96. The summed E-state index contributed by atoms with van der Waals surface area (Å²) < 4.78 is 0. The van der Waals surface area contributed by atoms with Crippen LogP contribution in [0, 0.1) is 0 Å². The zero-order valence-electron chi connectivity index (χ0n) is 6.21. The number of aromatic nitrogens is 3. The first kappa shape index (κ1) is 8.66. The molecule has 0 aliphatic heterocycles. The van der Waals surface area contributed by atoms with Crippen LogP contribution in [-0.2, 0) is 4.79 Å². The molecule has 1 aromatic heterocycles. The Bertz CT molecular complexity index is 294. The maximum absolute atomic E-state index is 10.5. The van der Waals surface area contributed by atoms with Crippen molar-refractivity contribution >= 4 is 29.4 Å². The summed E-state index contributed by atoms with van der Waals surface area (Å²) in [6.45, 7) is 1.33. The lowest BCUT2D eigenvalue weighted by Gasteiger charge is -1.99. The van der Waals surface area contributed by atoms with Gasteiger partial charge >= 0.3 is 0 Å². The van der Waals surface area contributed by atoms with Gasteiger partial charge in [0, 0.05) is 6.92 Å². The van der Waals surface area contributed by atoms with E-state index in [0.717, 1.165) is 0 Å². The van der Waals surface area contributed by atoms with Crippen LogP contribution in [0.5, 0.6) is 0 Å². The second kappa shape index (κ2) is 3.31. The van der Waals surface area contributed by atoms with Crippen LogP contribution in [0.4, 0.5) is 11.9 Å². The fraction of sp³-hybridized carbons (Fsp3) is 0.200. The average Bonchev–Trinajstić information content (AvgIpc) is 1.81. The molecule has 7 heteroatoms. The molecule has 64 valence electrons. The molecule has 0 aliphatic carbocycles. The van der Waals surface area contributed by atoms with Gasteiger partial charge in [-0.25, -0.2) is 0 Å². The van der Waals surface area contributed by atoms with Crippen LogP contribution < -0.4 is 11.1 Å². The van der Waals surface area contributed by atoms with Gasteiger partial charge in [-0.05, 0) is 11.6 Å². The molecule has 0 saturated carbocycles. The van der Waals surface area contributed by atoms with Crippen LogP contribution in [-0.4, -0.2) is 20.9 Å². The molecule has 0 saturated heterocycles. The quantitative estimate of drug-likeness (QED) is 0.649. The number of nitrogens with zero attached hydrogens (tertiary/aromatic N) is 3. The van der Waals surface area contributed by atoms with Gasteiger partial charge in [-0.15, -0.1) is 0 Å². The fourth-order valence-corrected chi connectivity index (χ4v) is 0.745. The van der Waals surface area contributed by atoms with Gasteiger partial charge in [0.05, 0.1) is 0 Å². The molecule has 1 rings (SSSR count). The predicted octanol–water partition coefficient (Wildman–Crippen LogP) is 0.0656. The van der Waals surface area contributed by atoms with Crippen LogP contribution >= 0.6 is 11.6 Å². The third-order valence-electron chi connectivity index (χ3n) is 0.913. The van der Waals surface area contributed by atoms with E-state index in [4.69, 9.17) is 17.3 Å². The highest BCUT2D eigenvalue weighted by atomic mass is 35.5. The number of nitrogen functional groups attached to an aromatic ring is 1. The number of halogens is 1. The largest absolute Gasteiger partial charge is 0.368 e. The van der Waals surface area contributed by atoms with Crippen molar-refractivity contribution in [3.05, 3.63) is 5.28 Å². The monoisotopic (exact) mass is 187 g/mol. The van der Waals surface area contributed by atoms with Gasteiger partial charge in [-0.1, -0.05) is 0 Å². The molecule has 0 atom stereocenters. The summed E-state index contributed by atoms with van der Waals surface area (Å²) in [5.74, 6) is -0.268. The Morgan fingerprint density at radius 1 is 1.50 bits per heavy atom. The number of nitrogens with two attached hydrogens (primary N) is 1. The standard InChI is InChI=1S/C5H6ClN5O/c1-2(12)8-5-10-3(6)9-4(7)11-5/h1H3,(H3,7,8,9,10,11,12). The van der Waals surface area contributed by atoms with Crippen LogP contribution in [0.3, 0.4) is 0 Å². The third kappa shape index (κ3) is 2.31. The summed E-state index contributed by atoms with van der Waals surface area (Å²) in [6, 6.07) is 0. The molecular weight excluding hydrogens is 182 g/mol. The summed E-state index contributed by atoms with van der Waals surface area (Å²) in [5.41, 5.74) is 5.24. The van der Waals surface area contributed by atoms with E-state index in [9.17, 15) is 4.79 Å². The molecule has 0 aromatic carbocycles. The number of nitrogens with one attached hydrogen (secondary N) is 1. The Balaban J connectivity index is 2.93. The first-order chi connectivity index (χ1) is 5.58. The minimum atomic E-state index is -0.295. The van der Waals surface area contributed by atoms with Crippen LogP contribution in [0.2, 0.25) is 5.28 Å².